The number of halogens is 4. The molecule has 0 bridgehead atoms. The van der Waals surface area contributed by atoms with Crippen molar-refractivity contribution >= 4 is 43.6 Å². The van der Waals surface area contributed by atoms with Gasteiger partial charge in [-0.1, -0.05) is 6.07 Å². The van der Waals surface area contributed by atoms with E-state index in [2.05, 4.69) is 0 Å². The van der Waals surface area contributed by atoms with Crippen molar-refractivity contribution < 1.29 is 5.72 Å². The summed E-state index contributed by atoms with van der Waals surface area (Å²) in [5.41, 5.74) is 0. The van der Waals surface area contributed by atoms with Crippen LogP contribution in [0, 0.1) is 7.14 Å². The van der Waals surface area contributed by atoms with Gasteiger partial charge in [0.15, 0.2) is 0 Å². The van der Waals surface area contributed by atoms with Crippen molar-refractivity contribution in [2.24, 2.45) is 0 Å². The summed E-state index contributed by atoms with van der Waals surface area (Å²) in [6.45, 7) is 0. The normalized spacial score (nSPS) is 9.80. The van der Waals surface area contributed by atoms with E-state index in [-0.39, 0.29) is 0 Å². The first-order chi connectivity index (χ1) is 4.86. The largest absolute Gasteiger partial charge is 0.179 e. The van der Waals surface area contributed by atoms with Crippen LogP contribution in [0.15, 0.2) is 24.3 Å². The lowest BCUT2D eigenvalue weighted by Gasteiger charge is -1.92. The van der Waals surface area contributed by atoms with Crippen LogP contribution < -0.4 is 0 Å². The minimum atomic E-state index is -1.36. The Morgan fingerprint density at radius 2 is 1.50 bits per heavy atom. The van der Waals surface area contributed by atoms with Gasteiger partial charge in [-0.25, -0.2) is 0 Å². The number of benzene rings is 1. The van der Waals surface area contributed by atoms with Gasteiger partial charge in [0, 0.05) is 7.14 Å². The fraction of sp³-hybridized carbons (Fsp3) is 0. The van der Waals surface area contributed by atoms with Crippen molar-refractivity contribution in [3.8, 4) is 0 Å². The summed E-state index contributed by atoms with van der Waals surface area (Å²) >= 11 is -2.73. The quantitative estimate of drug-likeness (QED) is 0.699. The molecule has 0 aliphatic carbocycles. The van der Waals surface area contributed by atoms with E-state index in [1.54, 1.807) is 24.3 Å². The second-order valence-electron chi connectivity index (χ2n) is 1.58. The van der Waals surface area contributed by atoms with Gasteiger partial charge >= 0.3 is 0 Å². The Morgan fingerprint density at radius 3 is 1.90 bits per heavy atom. The van der Waals surface area contributed by atoms with Gasteiger partial charge in [0.2, 0.25) is 0 Å². The van der Waals surface area contributed by atoms with Gasteiger partial charge in [0.25, 0.3) is 0 Å². The van der Waals surface area contributed by atoms with Crippen molar-refractivity contribution in [1.82, 2.24) is 0 Å². The van der Waals surface area contributed by atoms with Crippen LogP contribution in [0.25, 0.3) is 0 Å². The Bertz CT molecular complexity index is 195. The monoisotopic (exact) mass is 368 g/mol. The van der Waals surface area contributed by atoms with Crippen LogP contribution in [-0.4, -0.2) is 0 Å². The highest BCUT2D eigenvalue weighted by Gasteiger charge is 1.95. The van der Waals surface area contributed by atoms with E-state index in [0.29, 0.717) is 7.14 Å². The Kier molecular flexibility index (Phi) is 3.82. The van der Waals surface area contributed by atoms with Crippen LogP contribution in [0.5, 0.6) is 0 Å². The van der Waals surface area contributed by atoms with Crippen molar-refractivity contribution in [3.63, 3.8) is 0 Å². The number of hydrogen-bond acceptors (Lipinski definition) is 0. The lowest BCUT2D eigenvalue weighted by Crippen LogP contribution is -1.73. The highest BCUT2D eigenvalue weighted by atomic mass is 127. The van der Waals surface area contributed by atoms with E-state index in [0.717, 1.165) is 0 Å². The summed E-state index contributed by atoms with van der Waals surface area (Å²) < 4.78 is 25.4. The third kappa shape index (κ3) is 2.30. The van der Waals surface area contributed by atoms with E-state index < -0.39 is 43.6 Å². The molecule has 10 heavy (non-hydrogen) atoms. The topological polar surface area (TPSA) is 0 Å². The summed E-state index contributed by atoms with van der Waals surface area (Å²) in [5.74, 6) is 0. The zero-order chi connectivity index (χ0) is 7.40. The molecule has 0 aliphatic rings. The standard InChI is InChI=1S/C6H4F2I2/c7-9-5-2-1-3-6(4-5)10-8/h1-4H. The molecule has 1 aromatic carbocycles. The molecule has 56 valence electrons. The average Bonchev–Trinajstić information content (AvgIpc) is 2.05. The molecule has 0 saturated carbocycles. The molecule has 1 rings (SSSR count). The molecule has 0 heterocycles. The van der Waals surface area contributed by atoms with Gasteiger partial charge < -0.3 is 0 Å². The van der Waals surface area contributed by atoms with Gasteiger partial charge in [-0.05, 0) is 18.2 Å². The van der Waals surface area contributed by atoms with Crippen LogP contribution >= 0.6 is 43.6 Å². The van der Waals surface area contributed by atoms with Crippen molar-refractivity contribution in [2.75, 3.05) is 0 Å². The lowest BCUT2D eigenvalue weighted by molar-refractivity contribution is 1.03. The first-order valence-corrected chi connectivity index (χ1v) is 6.27. The number of hydrogen-bond donors (Lipinski definition) is 0. The van der Waals surface area contributed by atoms with Gasteiger partial charge in [-0.15, -0.1) is 0 Å². The van der Waals surface area contributed by atoms with E-state index >= 15 is 0 Å². The summed E-state index contributed by atoms with van der Waals surface area (Å²) in [7, 11) is 0. The Labute approximate surface area is 80.1 Å². The fourth-order valence-electron chi connectivity index (χ4n) is 0.549. The predicted molar refractivity (Wildman–Crippen MR) is 54.1 cm³/mol. The number of rotatable bonds is 2. The second-order valence-corrected chi connectivity index (χ2v) is 4.89. The Morgan fingerprint density at radius 1 is 1.00 bits per heavy atom. The van der Waals surface area contributed by atoms with Crippen LogP contribution in [0.1, 0.15) is 0 Å². The molecule has 0 amide bonds. The summed E-state index contributed by atoms with van der Waals surface area (Å²) in [4.78, 5) is 0. The van der Waals surface area contributed by atoms with Gasteiger partial charge in [-0.2, -0.15) is 5.72 Å². The summed E-state index contributed by atoms with van der Waals surface area (Å²) in [6.07, 6.45) is 0. The van der Waals surface area contributed by atoms with E-state index in [4.69, 9.17) is 0 Å². The first kappa shape index (κ1) is 8.63. The van der Waals surface area contributed by atoms with Crippen LogP contribution in [-0.2, 0) is 0 Å². The second kappa shape index (κ2) is 4.42. The lowest BCUT2D eigenvalue weighted by atomic mass is 10.4. The van der Waals surface area contributed by atoms with Crippen molar-refractivity contribution in [2.45, 2.75) is 0 Å². The Balaban J connectivity index is 2.87. The molecule has 0 aromatic heterocycles. The zero-order valence-corrected chi connectivity index (χ0v) is 9.14. The predicted octanol–water partition coefficient (Wildman–Crippen LogP) is 3.74. The molecule has 0 unspecified atom stereocenters. The third-order valence-corrected chi connectivity index (χ3v) is 3.24. The molecule has 0 atom stereocenters. The SMILES string of the molecule is F[I]c1cccc([I]F)c1. The van der Waals surface area contributed by atoms with E-state index in [1.807, 2.05) is 0 Å². The molecule has 2 radical (unpaired) electrons. The Hall–Kier alpha value is 0.540. The molecule has 0 N–H and O–H groups in total. The third-order valence-electron chi connectivity index (χ3n) is 0.952. The summed E-state index contributed by atoms with van der Waals surface area (Å²) in [6, 6.07) is 6.75. The maximum atomic E-state index is 12.0. The molecule has 1 aromatic rings. The first-order valence-electron chi connectivity index (χ1n) is 2.49. The molecular weight excluding hydrogens is 364 g/mol. The van der Waals surface area contributed by atoms with Gasteiger partial charge in [0.1, 0.15) is 43.6 Å². The van der Waals surface area contributed by atoms with Gasteiger partial charge in [-0.3, -0.25) is 0 Å². The van der Waals surface area contributed by atoms with E-state index in [1.165, 1.54) is 0 Å². The van der Waals surface area contributed by atoms with Crippen LogP contribution in [0.4, 0.5) is 5.72 Å². The average molecular weight is 368 g/mol. The maximum Gasteiger partial charge on any atom is 0.108 e. The molecular formula is C6H4F2I2. The highest BCUT2D eigenvalue weighted by Crippen LogP contribution is 2.28. The summed E-state index contributed by atoms with van der Waals surface area (Å²) in [5, 5.41) is 0. The maximum absolute atomic E-state index is 12.0. The fourth-order valence-corrected chi connectivity index (χ4v) is 2.74. The minimum absolute atomic E-state index is 0.675. The van der Waals surface area contributed by atoms with E-state index in [9.17, 15) is 5.72 Å². The molecule has 0 aliphatic heterocycles. The highest BCUT2D eigenvalue weighted by molar-refractivity contribution is 14.2. The van der Waals surface area contributed by atoms with Crippen LogP contribution in [0.2, 0.25) is 0 Å². The molecule has 0 saturated heterocycles. The smallest absolute Gasteiger partial charge is 0.108 e. The zero-order valence-electron chi connectivity index (χ0n) is 4.82. The van der Waals surface area contributed by atoms with Crippen LogP contribution in [0.3, 0.4) is 0 Å². The molecule has 0 fully saturated rings. The molecule has 0 spiro atoms. The molecule has 0 nitrogen and oxygen atoms in total. The molecule has 4 heteroatoms. The van der Waals surface area contributed by atoms with Crippen molar-refractivity contribution in [1.29, 1.82) is 0 Å². The minimum Gasteiger partial charge on any atom is -0.179 e. The van der Waals surface area contributed by atoms with Crippen molar-refractivity contribution in [3.05, 3.63) is 31.4 Å². The van der Waals surface area contributed by atoms with Gasteiger partial charge in [0.05, 0.1) is 0 Å².